The minimum absolute atomic E-state index is 0.0118. The summed E-state index contributed by atoms with van der Waals surface area (Å²) in [5.74, 6) is 0.483. The molecule has 0 fully saturated rings. The van der Waals surface area contributed by atoms with Crippen LogP contribution in [0.15, 0.2) is 0 Å². The van der Waals surface area contributed by atoms with Gasteiger partial charge in [0.15, 0.2) is 0 Å². The second kappa shape index (κ2) is 6.28. The van der Waals surface area contributed by atoms with Crippen molar-refractivity contribution in [3.63, 3.8) is 0 Å². The molecule has 14 heavy (non-hydrogen) atoms. The Morgan fingerprint density at radius 1 is 1.50 bits per heavy atom. The van der Waals surface area contributed by atoms with Crippen molar-refractivity contribution < 1.29 is 9.53 Å². The number of ether oxygens (including phenoxy) is 1. The largest absolute Gasteiger partial charge is 0.462 e. The van der Waals surface area contributed by atoms with Gasteiger partial charge in [0.25, 0.3) is 0 Å². The number of carbonyl (C=O) groups excluding carboxylic acids is 1. The van der Waals surface area contributed by atoms with E-state index in [1.165, 1.54) is 0 Å². The molecule has 0 saturated heterocycles. The van der Waals surface area contributed by atoms with Gasteiger partial charge in [-0.05, 0) is 40.0 Å². The maximum atomic E-state index is 11.7. The number of esters is 1. The molecular formula is C11H21ClO2. The molecule has 0 radical (unpaired) electrons. The summed E-state index contributed by atoms with van der Waals surface area (Å²) in [7, 11) is 0. The van der Waals surface area contributed by atoms with E-state index in [0.717, 1.165) is 19.3 Å². The molecule has 0 rings (SSSR count). The molecule has 3 heteroatoms. The average Bonchev–Trinajstić information content (AvgIpc) is 2.14. The van der Waals surface area contributed by atoms with Gasteiger partial charge in [0, 0.05) is 5.88 Å². The van der Waals surface area contributed by atoms with Gasteiger partial charge in [0.1, 0.15) is 0 Å². The van der Waals surface area contributed by atoms with Gasteiger partial charge < -0.3 is 4.74 Å². The van der Waals surface area contributed by atoms with Gasteiger partial charge >= 0.3 is 5.97 Å². The first-order valence-electron chi connectivity index (χ1n) is 5.21. The van der Waals surface area contributed by atoms with Crippen molar-refractivity contribution in [3.8, 4) is 0 Å². The predicted molar refractivity (Wildman–Crippen MR) is 59.6 cm³/mol. The average molecular weight is 221 g/mol. The summed E-state index contributed by atoms with van der Waals surface area (Å²) in [5.41, 5.74) is -0.404. The maximum absolute atomic E-state index is 11.7. The molecule has 1 unspecified atom stereocenters. The van der Waals surface area contributed by atoms with Crippen LogP contribution in [-0.4, -0.2) is 18.0 Å². The lowest BCUT2D eigenvalue weighted by atomic mass is 9.88. The molecule has 2 nitrogen and oxygen atoms in total. The van der Waals surface area contributed by atoms with E-state index in [9.17, 15) is 4.79 Å². The lowest BCUT2D eigenvalue weighted by molar-refractivity contribution is -0.159. The van der Waals surface area contributed by atoms with Crippen LogP contribution in [0, 0.1) is 5.41 Å². The summed E-state index contributed by atoms with van der Waals surface area (Å²) in [6.45, 7) is 7.73. The number of rotatable bonds is 6. The van der Waals surface area contributed by atoms with Crippen LogP contribution in [0.4, 0.5) is 0 Å². The molecule has 0 amide bonds. The Hall–Kier alpha value is -0.240. The first-order valence-corrected chi connectivity index (χ1v) is 5.74. The minimum Gasteiger partial charge on any atom is -0.462 e. The third-order valence-electron chi connectivity index (χ3n) is 2.37. The van der Waals surface area contributed by atoms with Crippen molar-refractivity contribution in [1.82, 2.24) is 0 Å². The van der Waals surface area contributed by atoms with Gasteiger partial charge in [-0.2, -0.15) is 0 Å². The van der Waals surface area contributed by atoms with Crippen LogP contribution in [0.1, 0.15) is 47.0 Å². The molecule has 0 aromatic rings. The van der Waals surface area contributed by atoms with Crippen molar-refractivity contribution in [2.75, 3.05) is 5.88 Å². The smallest absolute Gasteiger partial charge is 0.311 e. The molecule has 0 aliphatic heterocycles. The SMILES string of the molecule is CCC(C)OC(=O)C(C)(C)CCCCl. The van der Waals surface area contributed by atoms with Crippen LogP contribution in [0.2, 0.25) is 0 Å². The lowest BCUT2D eigenvalue weighted by Gasteiger charge is -2.24. The molecule has 84 valence electrons. The summed E-state index contributed by atoms with van der Waals surface area (Å²) in [4.78, 5) is 11.7. The van der Waals surface area contributed by atoms with Crippen molar-refractivity contribution in [1.29, 1.82) is 0 Å². The molecule has 0 bridgehead atoms. The second-order valence-corrected chi connectivity index (χ2v) is 4.68. The summed E-state index contributed by atoms with van der Waals surface area (Å²) in [5, 5.41) is 0. The van der Waals surface area contributed by atoms with Gasteiger partial charge in [-0.3, -0.25) is 4.79 Å². The van der Waals surface area contributed by atoms with Gasteiger partial charge in [0.2, 0.25) is 0 Å². The number of halogens is 1. The van der Waals surface area contributed by atoms with Crippen LogP contribution in [0.3, 0.4) is 0 Å². The molecule has 0 aromatic carbocycles. The topological polar surface area (TPSA) is 26.3 Å². The molecule has 0 aromatic heterocycles. The highest BCUT2D eigenvalue weighted by atomic mass is 35.5. The molecule has 0 N–H and O–H groups in total. The predicted octanol–water partition coefficient (Wildman–Crippen LogP) is 3.37. The van der Waals surface area contributed by atoms with E-state index < -0.39 is 5.41 Å². The zero-order valence-corrected chi connectivity index (χ0v) is 10.4. The standard InChI is InChI=1S/C11H21ClO2/c1-5-9(2)14-10(13)11(3,4)7-6-8-12/h9H,5-8H2,1-4H3. The van der Waals surface area contributed by atoms with Crippen LogP contribution in [0.5, 0.6) is 0 Å². The van der Waals surface area contributed by atoms with Gasteiger partial charge in [-0.25, -0.2) is 0 Å². The number of hydrogen-bond donors (Lipinski definition) is 0. The van der Waals surface area contributed by atoms with E-state index in [1.54, 1.807) is 0 Å². The van der Waals surface area contributed by atoms with Crippen LogP contribution >= 0.6 is 11.6 Å². The Morgan fingerprint density at radius 3 is 2.50 bits per heavy atom. The zero-order chi connectivity index (χ0) is 11.2. The monoisotopic (exact) mass is 220 g/mol. The van der Waals surface area contributed by atoms with Crippen molar-refractivity contribution in [2.24, 2.45) is 5.41 Å². The molecular weight excluding hydrogens is 200 g/mol. The van der Waals surface area contributed by atoms with Gasteiger partial charge in [0.05, 0.1) is 11.5 Å². The normalized spacial score (nSPS) is 13.8. The number of hydrogen-bond acceptors (Lipinski definition) is 2. The van der Waals surface area contributed by atoms with Gasteiger partial charge in [-0.1, -0.05) is 6.92 Å². The van der Waals surface area contributed by atoms with Crippen LogP contribution < -0.4 is 0 Å². The molecule has 1 atom stereocenters. The highest BCUT2D eigenvalue weighted by Gasteiger charge is 2.29. The first kappa shape index (κ1) is 13.8. The molecule has 0 heterocycles. The molecule has 0 aliphatic carbocycles. The molecule has 0 saturated carbocycles. The van der Waals surface area contributed by atoms with Crippen molar-refractivity contribution in [3.05, 3.63) is 0 Å². The summed E-state index contributed by atoms with van der Waals surface area (Å²) in [6.07, 6.45) is 2.51. The minimum atomic E-state index is -0.404. The quantitative estimate of drug-likeness (QED) is 0.507. The van der Waals surface area contributed by atoms with E-state index in [0.29, 0.717) is 5.88 Å². The van der Waals surface area contributed by atoms with E-state index in [2.05, 4.69) is 0 Å². The molecule has 0 aliphatic rings. The number of carbonyl (C=O) groups is 1. The highest BCUT2D eigenvalue weighted by Crippen LogP contribution is 2.25. The van der Waals surface area contributed by atoms with E-state index in [4.69, 9.17) is 16.3 Å². The molecule has 0 spiro atoms. The fourth-order valence-electron chi connectivity index (χ4n) is 1.04. The maximum Gasteiger partial charge on any atom is 0.311 e. The number of alkyl halides is 1. The Balaban J connectivity index is 4.06. The Morgan fingerprint density at radius 2 is 2.07 bits per heavy atom. The van der Waals surface area contributed by atoms with Gasteiger partial charge in [-0.15, -0.1) is 11.6 Å². The van der Waals surface area contributed by atoms with Crippen molar-refractivity contribution >= 4 is 17.6 Å². The second-order valence-electron chi connectivity index (χ2n) is 4.30. The summed E-state index contributed by atoms with van der Waals surface area (Å²) in [6, 6.07) is 0. The fourth-order valence-corrected chi connectivity index (χ4v) is 1.17. The van der Waals surface area contributed by atoms with Crippen LogP contribution in [0.25, 0.3) is 0 Å². The summed E-state index contributed by atoms with van der Waals surface area (Å²) < 4.78 is 5.28. The fraction of sp³-hybridized carbons (Fsp3) is 0.909. The van der Waals surface area contributed by atoms with Crippen LogP contribution in [-0.2, 0) is 9.53 Å². The lowest BCUT2D eigenvalue weighted by Crippen LogP contribution is -2.29. The van der Waals surface area contributed by atoms with E-state index >= 15 is 0 Å². The Bertz CT molecular complexity index is 178. The van der Waals surface area contributed by atoms with Crippen molar-refractivity contribution in [2.45, 2.75) is 53.1 Å². The Labute approximate surface area is 92.0 Å². The third-order valence-corrected chi connectivity index (χ3v) is 2.64. The first-order chi connectivity index (χ1) is 6.44. The zero-order valence-electron chi connectivity index (χ0n) is 9.60. The van der Waals surface area contributed by atoms with E-state index in [-0.39, 0.29) is 12.1 Å². The Kier molecular flexibility index (Phi) is 6.17. The summed E-state index contributed by atoms with van der Waals surface area (Å²) >= 11 is 5.59. The third kappa shape index (κ3) is 4.85. The highest BCUT2D eigenvalue weighted by molar-refractivity contribution is 6.17. The van der Waals surface area contributed by atoms with E-state index in [1.807, 2.05) is 27.7 Å².